The molecule has 2 heterocycles. The van der Waals surface area contributed by atoms with Crippen molar-refractivity contribution < 1.29 is 4.79 Å². The summed E-state index contributed by atoms with van der Waals surface area (Å²) < 4.78 is 2.98. The van der Waals surface area contributed by atoms with Gasteiger partial charge in [0.1, 0.15) is 11.2 Å². The quantitative estimate of drug-likeness (QED) is 0.527. The van der Waals surface area contributed by atoms with Crippen molar-refractivity contribution in [2.75, 3.05) is 5.32 Å². The topological polar surface area (TPSA) is 73.1 Å². The lowest BCUT2D eigenvalue weighted by molar-refractivity contribution is -0.116. The number of amides is 1. The smallest absolute Gasteiger partial charge is 0.324 e. The number of aromatic nitrogens is 2. The van der Waals surface area contributed by atoms with Crippen molar-refractivity contribution in [3.8, 4) is 5.69 Å². The van der Waals surface area contributed by atoms with Gasteiger partial charge >= 0.3 is 5.69 Å². The van der Waals surface area contributed by atoms with Gasteiger partial charge in [0, 0.05) is 5.69 Å². The molecule has 31 heavy (non-hydrogen) atoms. The molecule has 0 aliphatic rings. The van der Waals surface area contributed by atoms with E-state index in [1.54, 1.807) is 17.5 Å². The fourth-order valence-corrected chi connectivity index (χ4v) is 4.55. The zero-order valence-electron chi connectivity index (χ0n) is 17.9. The van der Waals surface area contributed by atoms with Gasteiger partial charge in [-0.1, -0.05) is 29.8 Å². The molecule has 0 bridgehead atoms. The number of hydrogen-bond donors (Lipinski definition) is 1. The Kier molecular flexibility index (Phi) is 5.37. The number of fused-ring (bicyclic) bond motifs is 1. The summed E-state index contributed by atoms with van der Waals surface area (Å²) in [4.78, 5) is 39.4. The maximum absolute atomic E-state index is 13.4. The SMILES string of the molecule is Cc1ccc(-n2c(=O)c3sccc3n(CC(=O)Nc3cccc(C)c3C)c2=O)c(C)c1. The number of benzene rings is 2. The lowest BCUT2D eigenvalue weighted by Crippen LogP contribution is -2.40. The Morgan fingerprint density at radius 1 is 1.00 bits per heavy atom. The molecule has 2 aromatic heterocycles. The standard InChI is InChI=1S/C24H23N3O3S/c1-14-8-9-19(16(3)12-14)27-23(29)22-20(10-11-31-22)26(24(27)30)13-21(28)25-18-7-5-6-15(2)17(18)4/h5-12H,13H2,1-4H3,(H,25,28). The summed E-state index contributed by atoms with van der Waals surface area (Å²) in [5.74, 6) is -0.325. The second kappa shape index (κ2) is 8.00. The van der Waals surface area contributed by atoms with Crippen LogP contribution in [0.15, 0.2) is 57.4 Å². The van der Waals surface area contributed by atoms with E-state index in [0.29, 0.717) is 21.6 Å². The first-order chi connectivity index (χ1) is 14.8. The molecule has 0 spiro atoms. The van der Waals surface area contributed by atoms with Crippen LogP contribution in [0, 0.1) is 27.7 Å². The Morgan fingerprint density at radius 2 is 1.77 bits per heavy atom. The van der Waals surface area contributed by atoms with E-state index in [9.17, 15) is 14.4 Å². The van der Waals surface area contributed by atoms with Crippen LogP contribution in [-0.4, -0.2) is 15.0 Å². The van der Waals surface area contributed by atoms with E-state index < -0.39 is 5.69 Å². The van der Waals surface area contributed by atoms with Crippen molar-refractivity contribution in [2.24, 2.45) is 0 Å². The molecule has 4 rings (SSSR count). The third-order valence-corrected chi connectivity index (χ3v) is 6.42. The number of carbonyl (C=O) groups excluding carboxylic acids is 1. The Balaban J connectivity index is 1.82. The summed E-state index contributed by atoms with van der Waals surface area (Å²) in [5.41, 5.74) is 4.72. The molecule has 0 aliphatic heterocycles. The Bertz CT molecular complexity index is 1440. The monoisotopic (exact) mass is 433 g/mol. The van der Waals surface area contributed by atoms with Crippen molar-refractivity contribution in [3.05, 3.63) is 90.9 Å². The molecule has 4 aromatic rings. The van der Waals surface area contributed by atoms with E-state index in [1.807, 2.05) is 58.0 Å². The average molecular weight is 434 g/mol. The van der Waals surface area contributed by atoms with Gasteiger partial charge in [0.15, 0.2) is 0 Å². The van der Waals surface area contributed by atoms with Crippen LogP contribution in [0.5, 0.6) is 0 Å². The molecule has 0 saturated heterocycles. The fraction of sp³-hybridized carbons (Fsp3) is 0.208. The van der Waals surface area contributed by atoms with Gasteiger partial charge < -0.3 is 5.32 Å². The molecule has 0 fully saturated rings. The number of hydrogen-bond acceptors (Lipinski definition) is 4. The van der Waals surface area contributed by atoms with Gasteiger partial charge in [0.25, 0.3) is 5.56 Å². The highest BCUT2D eigenvalue weighted by molar-refractivity contribution is 7.17. The van der Waals surface area contributed by atoms with Gasteiger partial charge in [-0.25, -0.2) is 9.36 Å². The van der Waals surface area contributed by atoms with Crippen molar-refractivity contribution in [1.82, 2.24) is 9.13 Å². The second-order valence-electron chi connectivity index (χ2n) is 7.73. The number of rotatable bonds is 4. The van der Waals surface area contributed by atoms with Crippen LogP contribution in [0.3, 0.4) is 0 Å². The lowest BCUT2D eigenvalue weighted by Gasteiger charge is -2.15. The van der Waals surface area contributed by atoms with Crippen molar-refractivity contribution in [1.29, 1.82) is 0 Å². The molecule has 0 unspecified atom stereocenters. The van der Waals surface area contributed by atoms with E-state index >= 15 is 0 Å². The number of thiophene rings is 1. The number of nitrogens with zero attached hydrogens (tertiary/aromatic N) is 2. The van der Waals surface area contributed by atoms with E-state index in [1.165, 1.54) is 20.5 Å². The van der Waals surface area contributed by atoms with Gasteiger partial charge in [-0.2, -0.15) is 0 Å². The Morgan fingerprint density at radius 3 is 2.52 bits per heavy atom. The van der Waals surface area contributed by atoms with Gasteiger partial charge in [-0.3, -0.25) is 14.2 Å². The molecule has 7 heteroatoms. The van der Waals surface area contributed by atoms with Gasteiger partial charge in [-0.15, -0.1) is 11.3 Å². The average Bonchev–Trinajstić information content (AvgIpc) is 3.20. The summed E-state index contributed by atoms with van der Waals surface area (Å²) in [6.45, 7) is 7.55. The maximum atomic E-state index is 13.4. The molecule has 6 nitrogen and oxygen atoms in total. The summed E-state index contributed by atoms with van der Waals surface area (Å²) >= 11 is 1.27. The highest BCUT2D eigenvalue weighted by Crippen LogP contribution is 2.20. The van der Waals surface area contributed by atoms with Crippen LogP contribution >= 0.6 is 11.3 Å². The molecule has 2 aromatic carbocycles. The molecule has 1 amide bonds. The van der Waals surface area contributed by atoms with E-state index in [-0.39, 0.29) is 18.0 Å². The third kappa shape index (κ3) is 3.72. The normalized spacial score (nSPS) is 11.1. The molecular formula is C24H23N3O3S. The van der Waals surface area contributed by atoms with Crippen LogP contribution in [0.4, 0.5) is 5.69 Å². The van der Waals surface area contributed by atoms with Gasteiger partial charge in [-0.05, 0) is 68.0 Å². The van der Waals surface area contributed by atoms with E-state index in [4.69, 9.17) is 0 Å². The summed E-state index contributed by atoms with van der Waals surface area (Å²) in [5, 5.41) is 4.65. The highest BCUT2D eigenvalue weighted by Gasteiger charge is 2.19. The first-order valence-corrected chi connectivity index (χ1v) is 10.8. The molecule has 0 aliphatic carbocycles. The number of aryl methyl sites for hydroxylation is 3. The maximum Gasteiger partial charge on any atom is 0.336 e. The molecule has 0 saturated carbocycles. The van der Waals surface area contributed by atoms with Crippen LogP contribution in [-0.2, 0) is 11.3 Å². The first-order valence-electron chi connectivity index (χ1n) is 9.94. The minimum atomic E-state index is -0.529. The Labute approximate surface area is 183 Å². The highest BCUT2D eigenvalue weighted by atomic mass is 32.1. The lowest BCUT2D eigenvalue weighted by atomic mass is 10.1. The van der Waals surface area contributed by atoms with Crippen LogP contribution in [0.25, 0.3) is 15.9 Å². The van der Waals surface area contributed by atoms with Crippen LogP contribution in [0.1, 0.15) is 22.3 Å². The number of carbonyl (C=O) groups is 1. The zero-order chi connectivity index (χ0) is 22.3. The molecule has 1 N–H and O–H groups in total. The Hall–Kier alpha value is -3.45. The van der Waals surface area contributed by atoms with Crippen LogP contribution in [0.2, 0.25) is 0 Å². The third-order valence-electron chi connectivity index (χ3n) is 5.53. The van der Waals surface area contributed by atoms with E-state index in [2.05, 4.69) is 5.32 Å². The molecular weight excluding hydrogens is 410 g/mol. The molecule has 158 valence electrons. The van der Waals surface area contributed by atoms with Gasteiger partial charge in [0.2, 0.25) is 5.91 Å². The van der Waals surface area contributed by atoms with Gasteiger partial charge in [0.05, 0.1) is 11.2 Å². The van der Waals surface area contributed by atoms with Crippen LogP contribution < -0.4 is 16.6 Å². The summed E-state index contributed by atoms with van der Waals surface area (Å²) in [7, 11) is 0. The summed E-state index contributed by atoms with van der Waals surface area (Å²) in [6, 6.07) is 13.0. The minimum absolute atomic E-state index is 0.190. The predicted octanol–water partition coefficient (Wildman–Crippen LogP) is 4.09. The first kappa shape index (κ1) is 20.8. The summed E-state index contributed by atoms with van der Waals surface area (Å²) in [6.07, 6.45) is 0. The van der Waals surface area contributed by atoms with Crippen molar-refractivity contribution in [3.63, 3.8) is 0 Å². The minimum Gasteiger partial charge on any atom is -0.324 e. The number of nitrogens with one attached hydrogen (secondary N) is 1. The molecule has 0 radical (unpaired) electrons. The fourth-order valence-electron chi connectivity index (χ4n) is 3.73. The zero-order valence-corrected chi connectivity index (χ0v) is 18.7. The molecule has 0 atom stereocenters. The second-order valence-corrected chi connectivity index (χ2v) is 8.65. The van der Waals surface area contributed by atoms with E-state index in [0.717, 1.165) is 22.3 Å². The van der Waals surface area contributed by atoms with Crippen molar-refractivity contribution in [2.45, 2.75) is 34.2 Å². The number of anilines is 1. The van der Waals surface area contributed by atoms with Crippen molar-refractivity contribution >= 4 is 33.1 Å². The predicted molar refractivity (Wildman–Crippen MR) is 126 cm³/mol. The largest absolute Gasteiger partial charge is 0.336 e.